The summed E-state index contributed by atoms with van der Waals surface area (Å²) in [5.41, 5.74) is -0.244. The second-order valence-electron chi connectivity index (χ2n) is 6.95. The molecule has 0 aromatic heterocycles. The van der Waals surface area contributed by atoms with Gasteiger partial charge in [0, 0.05) is 5.41 Å². The van der Waals surface area contributed by atoms with Gasteiger partial charge in [-0.25, -0.2) is 0 Å². The van der Waals surface area contributed by atoms with Gasteiger partial charge in [0.05, 0.1) is 0 Å². The molecule has 0 heterocycles. The van der Waals surface area contributed by atoms with Crippen molar-refractivity contribution in [2.24, 2.45) is 46.8 Å². The molecule has 0 aromatic rings. The Morgan fingerprint density at radius 1 is 1.24 bits per heavy atom. The highest BCUT2D eigenvalue weighted by molar-refractivity contribution is 6.64. The zero-order valence-corrected chi connectivity index (χ0v) is 11.2. The maximum Gasteiger partial charge on any atom is 0.228 e. The van der Waals surface area contributed by atoms with Gasteiger partial charge >= 0.3 is 0 Å². The van der Waals surface area contributed by atoms with Gasteiger partial charge in [0.15, 0.2) is 0 Å². The van der Waals surface area contributed by atoms with Crippen LogP contribution >= 0.6 is 11.6 Å². The first kappa shape index (κ1) is 10.6. The molecule has 17 heavy (non-hydrogen) atoms. The molecule has 2 heteroatoms. The molecule has 0 spiro atoms. The number of fused-ring (bicyclic) bond motifs is 9. The smallest absolute Gasteiger partial charge is 0.228 e. The van der Waals surface area contributed by atoms with Crippen molar-refractivity contribution in [3.05, 3.63) is 12.2 Å². The van der Waals surface area contributed by atoms with Crippen LogP contribution in [0.2, 0.25) is 0 Å². The quantitative estimate of drug-likeness (QED) is 0.396. The Bertz CT molecular complexity index is 429. The molecule has 3 fully saturated rings. The maximum absolute atomic E-state index is 11.9. The first-order valence-corrected chi connectivity index (χ1v) is 7.31. The third-order valence-corrected chi connectivity index (χ3v) is 7.26. The molecule has 0 aliphatic heterocycles. The summed E-state index contributed by atoms with van der Waals surface area (Å²) in [6.07, 6.45) is 7.46. The predicted octanol–water partition coefficient (Wildman–Crippen LogP) is 3.48. The minimum absolute atomic E-state index is 0.0808. The van der Waals surface area contributed by atoms with E-state index in [4.69, 9.17) is 11.6 Å². The minimum atomic E-state index is -0.244. The van der Waals surface area contributed by atoms with Gasteiger partial charge in [-0.1, -0.05) is 26.0 Å². The molecule has 8 unspecified atom stereocenters. The van der Waals surface area contributed by atoms with Crippen LogP contribution in [-0.4, -0.2) is 5.24 Å². The first-order valence-electron chi connectivity index (χ1n) is 6.93. The standard InChI is InChI=1S/C15H19ClO/c1-7-10-6-11(15(7,2)14(16)17)13-9-4-3-8(5-9)12(10)13/h3-4,7-13H,5-6H2,1-2H3. The van der Waals surface area contributed by atoms with Gasteiger partial charge in [-0.05, 0) is 65.9 Å². The SMILES string of the molecule is CC1C2CC(C3C4C=CC(C4)C23)C1(C)C(=O)Cl. The van der Waals surface area contributed by atoms with Crippen LogP contribution in [0.25, 0.3) is 0 Å². The molecular weight excluding hydrogens is 232 g/mol. The minimum Gasteiger partial charge on any atom is -0.281 e. The van der Waals surface area contributed by atoms with E-state index in [0.29, 0.717) is 11.8 Å². The van der Waals surface area contributed by atoms with E-state index >= 15 is 0 Å². The van der Waals surface area contributed by atoms with Crippen molar-refractivity contribution < 1.29 is 4.79 Å². The topological polar surface area (TPSA) is 17.1 Å². The van der Waals surface area contributed by atoms with Gasteiger partial charge in [0.2, 0.25) is 5.24 Å². The fraction of sp³-hybridized carbons (Fsp3) is 0.800. The van der Waals surface area contributed by atoms with E-state index in [1.165, 1.54) is 12.8 Å². The lowest BCUT2D eigenvalue weighted by atomic mass is 9.59. The Hall–Kier alpha value is -0.300. The van der Waals surface area contributed by atoms with E-state index in [2.05, 4.69) is 26.0 Å². The van der Waals surface area contributed by atoms with Gasteiger partial charge in [-0.2, -0.15) is 0 Å². The zero-order valence-electron chi connectivity index (χ0n) is 10.4. The number of allylic oxidation sites excluding steroid dienone is 2. The van der Waals surface area contributed by atoms with E-state index < -0.39 is 0 Å². The van der Waals surface area contributed by atoms with Crippen LogP contribution in [-0.2, 0) is 4.79 Å². The molecule has 3 saturated carbocycles. The Morgan fingerprint density at radius 3 is 2.53 bits per heavy atom. The molecular formula is C15H19ClO. The summed E-state index contributed by atoms with van der Waals surface area (Å²) in [6.45, 7) is 4.39. The summed E-state index contributed by atoms with van der Waals surface area (Å²) in [7, 11) is 0. The average Bonchev–Trinajstić information content (AvgIpc) is 2.99. The molecule has 4 aliphatic rings. The summed E-state index contributed by atoms with van der Waals surface area (Å²) >= 11 is 5.95. The van der Waals surface area contributed by atoms with Crippen molar-refractivity contribution in [3.8, 4) is 0 Å². The molecule has 0 amide bonds. The molecule has 1 nitrogen and oxygen atoms in total. The van der Waals surface area contributed by atoms with Crippen molar-refractivity contribution >= 4 is 16.8 Å². The second kappa shape index (κ2) is 2.99. The molecule has 0 saturated heterocycles. The van der Waals surface area contributed by atoms with Crippen LogP contribution in [0.1, 0.15) is 26.7 Å². The summed E-state index contributed by atoms with van der Waals surface area (Å²) in [4.78, 5) is 11.9. The third-order valence-electron chi connectivity index (χ3n) is 6.85. The maximum atomic E-state index is 11.9. The van der Waals surface area contributed by atoms with Crippen molar-refractivity contribution in [3.63, 3.8) is 0 Å². The summed E-state index contributed by atoms with van der Waals surface area (Å²) < 4.78 is 0. The molecule has 4 rings (SSSR count). The summed E-state index contributed by atoms with van der Waals surface area (Å²) in [5, 5.41) is -0.0808. The third kappa shape index (κ3) is 0.985. The number of carbonyl (C=O) groups excluding carboxylic acids is 1. The molecule has 4 bridgehead atoms. The van der Waals surface area contributed by atoms with Crippen molar-refractivity contribution in [2.75, 3.05) is 0 Å². The number of rotatable bonds is 1. The number of halogens is 1. The Morgan fingerprint density at radius 2 is 1.88 bits per heavy atom. The highest BCUT2D eigenvalue weighted by atomic mass is 35.5. The highest BCUT2D eigenvalue weighted by Gasteiger charge is 2.69. The van der Waals surface area contributed by atoms with Gasteiger partial charge in [-0.3, -0.25) is 4.79 Å². The number of carbonyl (C=O) groups is 1. The molecule has 8 atom stereocenters. The van der Waals surface area contributed by atoms with Crippen LogP contribution < -0.4 is 0 Å². The molecule has 92 valence electrons. The van der Waals surface area contributed by atoms with Gasteiger partial charge < -0.3 is 0 Å². The van der Waals surface area contributed by atoms with Gasteiger partial charge in [0.1, 0.15) is 0 Å². The van der Waals surface area contributed by atoms with Crippen LogP contribution in [0.4, 0.5) is 0 Å². The lowest BCUT2D eigenvalue weighted by molar-refractivity contribution is -0.128. The van der Waals surface area contributed by atoms with Gasteiger partial charge in [0.25, 0.3) is 0 Å². The Balaban J connectivity index is 1.80. The summed E-state index contributed by atoms with van der Waals surface area (Å²) in [6, 6.07) is 0. The molecule has 4 aliphatic carbocycles. The largest absolute Gasteiger partial charge is 0.281 e. The fourth-order valence-electron chi connectivity index (χ4n) is 5.96. The second-order valence-corrected chi connectivity index (χ2v) is 7.30. The van der Waals surface area contributed by atoms with E-state index in [-0.39, 0.29) is 10.7 Å². The van der Waals surface area contributed by atoms with E-state index in [1.54, 1.807) is 0 Å². The monoisotopic (exact) mass is 250 g/mol. The summed E-state index contributed by atoms with van der Waals surface area (Å²) in [5.74, 6) is 4.98. The highest BCUT2D eigenvalue weighted by Crippen LogP contribution is 2.72. The van der Waals surface area contributed by atoms with Crippen molar-refractivity contribution in [2.45, 2.75) is 26.7 Å². The lowest BCUT2D eigenvalue weighted by Crippen LogP contribution is -2.45. The van der Waals surface area contributed by atoms with E-state index in [9.17, 15) is 4.79 Å². The molecule has 0 N–H and O–H groups in total. The number of hydrogen-bond donors (Lipinski definition) is 0. The fourth-order valence-corrected chi connectivity index (χ4v) is 6.28. The van der Waals surface area contributed by atoms with E-state index in [1.807, 2.05) is 0 Å². The van der Waals surface area contributed by atoms with Crippen LogP contribution in [0.15, 0.2) is 12.2 Å². The van der Waals surface area contributed by atoms with E-state index in [0.717, 1.165) is 29.6 Å². The lowest BCUT2D eigenvalue weighted by Gasteiger charge is -2.45. The van der Waals surface area contributed by atoms with Gasteiger partial charge in [-0.15, -0.1) is 0 Å². The number of hydrogen-bond acceptors (Lipinski definition) is 1. The normalized spacial score (nSPS) is 62.2. The average molecular weight is 251 g/mol. The predicted molar refractivity (Wildman–Crippen MR) is 67.4 cm³/mol. The van der Waals surface area contributed by atoms with Crippen LogP contribution in [0, 0.1) is 46.8 Å². The van der Waals surface area contributed by atoms with Crippen LogP contribution in [0.5, 0.6) is 0 Å². The van der Waals surface area contributed by atoms with Crippen molar-refractivity contribution in [1.29, 1.82) is 0 Å². The zero-order chi connectivity index (χ0) is 11.9. The Labute approximate surface area is 108 Å². The van der Waals surface area contributed by atoms with Crippen molar-refractivity contribution in [1.82, 2.24) is 0 Å². The first-order chi connectivity index (χ1) is 8.05. The molecule has 0 aromatic carbocycles. The van der Waals surface area contributed by atoms with Crippen LogP contribution in [0.3, 0.4) is 0 Å². The molecule has 0 radical (unpaired) electrons. The Kier molecular flexibility index (Phi) is 1.86.